The van der Waals surface area contributed by atoms with Gasteiger partial charge >= 0.3 is 6.03 Å². The van der Waals surface area contributed by atoms with Gasteiger partial charge in [0.1, 0.15) is 0 Å². The number of aliphatic hydroxyl groups is 1. The number of hydrogen-bond donors (Lipinski definition) is 3. The summed E-state index contributed by atoms with van der Waals surface area (Å²) in [5.74, 6) is 0. The van der Waals surface area contributed by atoms with E-state index in [0.717, 1.165) is 18.4 Å². The number of aliphatic hydroxyl groups excluding tert-OH is 1. The Labute approximate surface area is 115 Å². The zero-order chi connectivity index (χ0) is 14.1. The molecule has 0 saturated heterocycles. The zero-order valence-corrected chi connectivity index (χ0v) is 11.8. The molecular formula is C15H24N2O2. The van der Waals surface area contributed by atoms with E-state index in [1.165, 1.54) is 5.56 Å². The molecule has 1 aromatic carbocycles. The molecule has 4 heteroatoms. The van der Waals surface area contributed by atoms with Gasteiger partial charge in [-0.3, -0.25) is 0 Å². The first-order chi connectivity index (χ1) is 9.21. The smallest absolute Gasteiger partial charge is 0.315 e. The minimum absolute atomic E-state index is 0.0337. The van der Waals surface area contributed by atoms with E-state index in [1.807, 2.05) is 25.1 Å². The quantitative estimate of drug-likeness (QED) is 0.707. The van der Waals surface area contributed by atoms with Gasteiger partial charge < -0.3 is 15.7 Å². The van der Waals surface area contributed by atoms with Gasteiger partial charge in [0.05, 0.1) is 0 Å². The molecule has 19 heavy (non-hydrogen) atoms. The van der Waals surface area contributed by atoms with Gasteiger partial charge in [-0.1, -0.05) is 38.1 Å². The number of hydrogen-bond acceptors (Lipinski definition) is 2. The minimum atomic E-state index is -0.175. The van der Waals surface area contributed by atoms with E-state index in [4.69, 9.17) is 5.11 Å². The molecule has 0 radical (unpaired) electrons. The molecule has 0 bridgehead atoms. The van der Waals surface area contributed by atoms with E-state index in [9.17, 15) is 4.79 Å². The van der Waals surface area contributed by atoms with Crippen LogP contribution in [0.15, 0.2) is 24.3 Å². The van der Waals surface area contributed by atoms with Crippen molar-refractivity contribution in [1.82, 2.24) is 10.6 Å². The van der Waals surface area contributed by atoms with E-state index in [1.54, 1.807) is 0 Å². The number of aryl methyl sites for hydroxylation is 1. The van der Waals surface area contributed by atoms with Crippen LogP contribution in [0.5, 0.6) is 0 Å². The standard InChI is InChI=1S/C15H24N2O2/c1-3-12-7-5-6-8-13(12)11-16-15(19)17-14(4-2)9-10-18/h5-8,14,18H,3-4,9-11H2,1-2H3,(H2,16,17,19). The minimum Gasteiger partial charge on any atom is -0.396 e. The molecule has 0 spiro atoms. The molecule has 2 amide bonds. The summed E-state index contributed by atoms with van der Waals surface area (Å²) in [5.41, 5.74) is 2.40. The highest BCUT2D eigenvalue weighted by molar-refractivity contribution is 5.74. The van der Waals surface area contributed by atoms with E-state index in [0.29, 0.717) is 13.0 Å². The second kappa shape index (κ2) is 8.53. The third-order valence-electron chi connectivity index (χ3n) is 3.24. The maximum absolute atomic E-state index is 11.8. The predicted octanol–water partition coefficient (Wildman–Crippen LogP) is 2.21. The fourth-order valence-electron chi connectivity index (χ4n) is 2.02. The van der Waals surface area contributed by atoms with Crippen LogP contribution >= 0.6 is 0 Å². The lowest BCUT2D eigenvalue weighted by Crippen LogP contribution is -2.42. The normalized spacial score (nSPS) is 11.9. The molecule has 0 aromatic heterocycles. The van der Waals surface area contributed by atoms with Crippen molar-refractivity contribution in [3.63, 3.8) is 0 Å². The Hall–Kier alpha value is -1.55. The highest BCUT2D eigenvalue weighted by Gasteiger charge is 2.09. The van der Waals surface area contributed by atoms with Crippen molar-refractivity contribution in [2.75, 3.05) is 6.61 Å². The zero-order valence-electron chi connectivity index (χ0n) is 11.8. The summed E-state index contributed by atoms with van der Waals surface area (Å²) in [5, 5.41) is 14.6. The molecule has 1 atom stereocenters. The number of carbonyl (C=O) groups is 1. The molecule has 0 aliphatic rings. The third kappa shape index (κ3) is 5.30. The molecule has 0 saturated carbocycles. The second-order valence-corrected chi connectivity index (χ2v) is 4.57. The monoisotopic (exact) mass is 264 g/mol. The Morgan fingerprint density at radius 1 is 1.26 bits per heavy atom. The number of benzene rings is 1. The van der Waals surface area contributed by atoms with Crippen molar-refractivity contribution in [2.45, 2.75) is 45.7 Å². The highest BCUT2D eigenvalue weighted by Crippen LogP contribution is 2.08. The molecule has 0 fully saturated rings. The Kier molecular flexibility index (Phi) is 6.97. The fourth-order valence-corrected chi connectivity index (χ4v) is 2.02. The van der Waals surface area contributed by atoms with Crippen LogP contribution in [0.2, 0.25) is 0 Å². The number of nitrogens with one attached hydrogen (secondary N) is 2. The lowest BCUT2D eigenvalue weighted by Gasteiger charge is -2.16. The van der Waals surface area contributed by atoms with Crippen LogP contribution in [0.3, 0.4) is 0 Å². The lowest BCUT2D eigenvalue weighted by atomic mass is 10.1. The molecule has 4 nitrogen and oxygen atoms in total. The molecule has 0 aliphatic carbocycles. The van der Waals surface area contributed by atoms with Crippen molar-refractivity contribution >= 4 is 6.03 Å². The first-order valence-corrected chi connectivity index (χ1v) is 6.93. The number of rotatable bonds is 7. The summed E-state index contributed by atoms with van der Waals surface area (Å²) in [6.45, 7) is 4.73. The van der Waals surface area contributed by atoms with Gasteiger partial charge in [0.25, 0.3) is 0 Å². The Morgan fingerprint density at radius 2 is 1.95 bits per heavy atom. The molecule has 1 unspecified atom stereocenters. The van der Waals surface area contributed by atoms with Crippen molar-refractivity contribution in [3.05, 3.63) is 35.4 Å². The van der Waals surface area contributed by atoms with Gasteiger partial charge in [0.15, 0.2) is 0 Å². The summed E-state index contributed by atoms with van der Waals surface area (Å²) in [4.78, 5) is 11.8. The highest BCUT2D eigenvalue weighted by atomic mass is 16.3. The molecule has 3 N–H and O–H groups in total. The molecular weight excluding hydrogens is 240 g/mol. The molecule has 1 rings (SSSR count). The van der Waals surface area contributed by atoms with Gasteiger partial charge in [-0.25, -0.2) is 4.79 Å². The average molecular weight is 264 g/mol. The molecule has 106 valence electrons. The van der Waals surface area contributed by atoms with Crippen LogP contribution < -0.4 is 10.6 Å². The lowest BCUT2D eigenvalue weighted by molar-refractivity contribution is 0.227. The molecule has 0 aliphatic heterocycles. The SMILES string of the molecule is CCc1ccccc1CNC(=O)NC(CC)CCO. The summed E-state index contributed by atoms with van der Waals surface area (Å²) >= 11 is 0. The van der Waals surface area contributed by atoms with Gasteiger partial charge in [-0.15, -0.1) is 0 Å². The summed E-state index contributed by atoms with van der Waals surface area (Å²) < 4.78 is 0. The van der Waals surface area contributed by atoms with Crippen LogP contribution in [-0.2, 0) is 13.0 Å². The van der Waals surface area contributed by atoms with Gasteiger partial charge in [0, 0.05) is 19.2 Å². The summed E-state index contributed by atoms with van der Waals surface area (Å²) in [6, 6.07) is 7.96. The van der Waals surface area contributed by atoms with E-state index in [-0.39, 0.29) is 18.7 Å². The first kappa shape index (κ1) is 15.5. The largest absolute Gasteiger partial charge is 0.396 e. The van der Waals surface area contributed by atoms with Crippen LogP contribution in [0.4, 0.5) is 4.79 Å². The first-order valence-electron chi connectivity index (χ1n) is 6.93. The average Bonchev–Trinajstić information content (AvgIpc) is 2.44. The van der Waals surface area contributed by atoms with Crippen LogP contribution in [0, 0.1) is 0 Å². The van der Waals surface area contributed by atoms with Crippen molar-refractivity contribution in [1.29, 1.82) is 0 Å². The maximum atomic E-state index is 11.8. The molecule has 0 heterocycles. The van der Waals surface area contributed by atoms with Crippen molar-refractivity contribution in [2.24, 2.45) is 0 Å². The summed E-state index contributed by atoms with van der Waals surface area (Å²) in [6.07, 6.45) is 2.37. The number of urea groups is 1. The van der Waals surface area contributed by atoms with E-state index >= 15 is 0 Å². The van der Waals surface area contributed by atoms with Gasteiger partial charge in [0.2, 0.25) is 0 Å². The number of amides is 2. The van der Waals surface area contributed by atoms with Crippen LogP contribution in [0.1, 0.15) is 37.8 Å². The molecule has 1 aromatic rings. The third-order valence-corrected chi connectivity index (χ3v) is 3.24. The van der Waals surface area contributed by atoms with Gasteiger partial charge in [-0.05, 0) is 30.4 Å². The van der Waals surface area contributed by atoms with Crippen LogP contribution in [0.25, 0.3) is 0 Å². The topological polar surface area (TPSA) is 61.4 Å². The van der Waals surface area contributed by atoms with Crippen molar-refractivity contribution < 1.29 is 9.90 Å². The Bertz CT molecular complexity index is 393. The summed E-state index contributed by atoms with van der Waals surface area (Å²) in [7, 11) is 0. The predicted molar refractivity (Wildman–Crippen MR) is 77.0 cm³/mol. The Morgan fingerprint density at radius 3 is 2.53 bits per heavy atom. The van der Waals surface area contributed by atoms with E-state index < -0.39 is 0 Å². The fraction of sp³-hybridized carbons (Fsp3) is 0.533. The maximum Gasteiger partial charge on any atom is 0.315 e. The van der Waals surface area contributed by atoms with Crippen LogP contribution in [-0.4, -0.2) is 23.8 Å². The van der Waals surface area contributed by atoms with E-state index in [2.05, 4.69) is 23.6 Å². The van der Waals surface area contributed by atoms with Gasteiger partial charge in [-0.2, -0.15) is 0 Å². The second-order valence-electron chi connectivity index (χ2n) is 4.57. The Balaban J connectivity index is 2.45. The van der Waals surface area contributed by atoms with Crippen molar-refractivity contribution in [3.8, 4) is 0 Å². The number of carbonyl (C=O) groups excluding carboxylic acids is 1.